The number of nitrogens with one attached hydrogen (secondary N) is 2. The highest BCUT2D eigenvalue weighted by atomic mass is 16.1. The molecule has 2 N–H and O–H groups in total. The zero-order valence-corrected chi connectivity index (χ0v) is 9.73. The van der Waals surface area contributed by atoms with E-state index in [1.807, 2.05) is 12.1 Å². The molecule has 0 radical (unpaired) electrons. The van der Waals surface area contributed by atoms with Gasteiger partial charge in [0, 0.05) is 22.8 Å². The van der Waals surface area contributed by atoms with E-state index in [1.54, 1.807) is 0 Å². The van der Waals surface area contributed by atoms with Crippen LogP contribution in [0.4, 0.5) is 5.69 Å². The van der Waals surface area contributed by atoms with Crippen LogP contribution in [-0.4, -0.2) is 17.8 Å². The average Bonchev–Trinajstić information content (AvgIpc) is 2.99. The number of benzene rings is 2. The van der Waals surface area contributed by atoms with Gasteiger partial charge >= 0.3 is 0 Å². The van der Waals surface area contributed by atoms with Gasteiger partial charge in [-0.15, -0.1) is 0 Å². The van der Waals surface area contributed by atoms with Gasteiger partial charge in [-0.05, 0) is 11.6 Å². The Labute approximate surface area is 104 Å². The molecular formula is C15H12N2O. The maximum Gasteiger partial charge on any atom is 0.129 e. The van der Waals surface area contributed by atoms with E-state index >= 15 is 0 Å². The Hall–Kier alpha value is -2.29. The highest BCUT2D eigenvalue weighted by Gasteiger charge is 2.24. The van der Waals surface area contributed by atoms with Crippen LogP contribution in [0.5, 0.6) is 0 Å². The number of anilines is 1. The topological polar surface area (TPSA) is 44.9 Å². The number of carbonyl (C=O) groups is 1. The first-order valence-electron chi connectivity index (χ1n) is 6.11. The third-order valence-electron chi connectivity index (χ3n) is 3.78. The first-order chi connectivity index (χ1) is 8.88. The second kappa shape index (κ2) is 3.35. The SMILES string of the molecule is O=CC1CNc2c1ccc1c2[nH]c2ccccc21. The predicted molar refractivity (Wildman–Crippen MR) is 73.1 cm³/mol. The number of fused-ring (bicyclic) bond motifs is 5. The second-order valence-electron chi connectivity index (χ2n) is 4.75. The fourth-order valence-electron chi connectivity index (χ4n) is 2.88. The zero-order chi connectivity index (χ0) is 12.1. The smallest absolute Gasteiger partial charge is 0.129 e. The lowest BCUT2D eigenvalue weighted by Gasteiger charge is -2.02. The number of aromatic nitrogens is 1. The molecule has 0 fully saturated rings. The van der Waals surface area contributed by atoms with E-state index < -0.39 is 0 Å². The Bertz CT molecular complexity index is 773. The molecule has 2 heterocycles. The number of hydrogen-bond donors (Lipinski definition) is 2. The van der Waals surface area contributed by atoms with Crippen molar-refractivity contribution in [1.82, 2.24) is 4.98 Å². The molecule has 0 aliphatic carbocycles. The number of hydrogen-bond acceptors (Lipinski definition) is 2. The van der Waals surface area contributed by atoms with Crippen LogP contribution in [0.2, 0.25) is 0 Å². The summed E-state index contributed by atoms with van der Waals surface area (Å²) in [4.78, 5) is 14.5. The zero-order valence-electron chi connectivity index (χ0n) is 9.73. The summed E-state index contributed by atoms with van der Waals surface area (Å²) in [5.74, 6) is -0.0178. The molecule has 2 aromatic carbocycles. The van der Waals surface area contributed by atoms with Crippen LogP contribution in [0, 0.1) is 0 Å². The second-order valence-corrected chi connectivity index (χ2v) is 4.75. The van der Waals surface area contributed by atoms with Crippen molar-refractivity contribution in [3.63, 3.8) is 0 Å². The largest absolute Gasteiger partial charge is 0.382 e. The van der Waals surface area contributed by atoms with Crippen LogP contribution in [0.25, 0.3) is 21.8 Å². The fraction of sp³-hybridized carbons (Fsp3) is 0.133. The Kier molecular flexibility index (Phi) is 1.81. The van der Waals surface area contributed by atoms with Crippen molar-refractivity contribution in [2.75, 3.05) is 11.9 Å². The number of carbonyl (C=O) groups excluding carboxylic acids is 1. The van der Waals surface area contributed by atoms with Gasteiger partial charge in [0.1, 0.15) is 6.29 Å². The minimum absolute atomic E-state index is 0.0178. The van der Waals surface area contributed by atoms with Crippen molar-refractivity contribution in [2.24, 2.45) is 0 Å². The van der Waals surface area contributed by atoms with Crippen molar-refractivity contribution in [2.45, 2.75) is 5.92 Å². The maximum absolute atomic E-state index is 11.0. The van der Waals surface area contributed by atoms with Crippen molar-refractivity contribution in [1.29, 1.82) is 0 Å². The van der Waals surface area contributed by atoms with Gasteiger partial charge in [-0.25, -0.2) is 0 Å². The van der Waals surface area contributed by atoms with Crippen molar-refractivity contribution >= 4 is 33.8 Å². The molecule has 0 spiro atoms. The Morgan fingerprint density at radius 2 is 2.00 bits per heavy atom. The van der Waals surface area contributed by atoms with Gasteiger partial charge in [0.05, 0.1) is 17.1 Å². The van der Waals surface area contributed by atoms with E-state index in [-0.39, 0.29) is 5.92 Å². The average molecular weight is 236 g/mol. The van der Waals surface area contributed by atoms with E-state index in [9.17, 15) is 4.79 Å². The van der Waals surface area contributed by atoms with Crippen LogP contribution in [0.1, 0.15) is 11.5 Å². The molecule has 4 rings (SSSR count). The minimum Gasteiger partial charge on any atom is -0.382 e. The van der Waals surface area contributed by atoms with Gasteiger partial charge in [-0.2, -0.15) is 0 Å². The standard InChI is InChI=1S/C15H12N2O/c18-8-9-7-16-14-10(9)5-6-12-11-3-1-2-4-13(11)17-15(12)14/h1-6,8-9,16-17H,7H2. The normalized spacial score (nSPS) is 17.9. The molecule has 0 saturated heterocycles. The summed E-state index contributed by atoms with van der Waals surface area (Å²) in [6, 6.07) is 12.4. The fourth-order valence-corrected chi connectivity index (χ4v) is 2.88. The third kappa shape index (κ3) is 1.11. The van der Waals surface area contributed by atoms with Crippen LogP contribution in [0.15, 0.2) is 36.4 Å². The lowest BCUT2D eigenvalue weighted by atomic mass is 10.0. The lowest BCUT2D eigenvalue weighted by molar-refractivity contribution is -0.108. The van der Waals surface area contributed by atoms with Gasteiger partial charge in [0.25, 0.3) is 0 Å². The first kappa shape index (κ1) is 9.71. The number of aldehydes is 1. The van der Waals surface area contributed by atoms with Gasteiger partial charge in [-0.3, -0.25) is 0 Å². The molecule has 18 heavy (non-hydrogen) atoms. The highest BCUT2D eigenvalue weighted by molar-refractivity contribution is 6.12. The van der Waals surface area contributed by atoms with Gasteiger partial charge in [0.2, 0.25) is 0 Å². The van der Waals surface area contributed by atoms with E-state index in [2.05, 4.69) is 34.6 Å². The van der Waals surface area contributed by atoms with E-state index in [0.717, 1.165) is 28.6 Å². The summed E-state index contributed by atoms with van der Waals surface area (Å²) in [7, 11) is 0. The highest BCUT2D eigenvalue weighted by Crippen LogP contribution is 2.38. The summed E-state index contributed by atoms with van der Waals surface area (Å²) in [5, 5.41) is 5.78. The number of aromatic amines is 1. The molecule has 0 bridgehead atoms. The summed E-state index contributed by atoms with van der Waals surface area (Å²) in [6.45, 7) is 0.702. The summed E-state index contributed by atoms with van der Waals surface area (Å²) >= 11 is 0. The lowest BCUT2D eigenvalue weighted by Crippen LogP contribution is -2.02. The molecule has 0 amide bonds. The molecule has 1 atom stereocenters. The molecule has 88 valence electrons. The van der Waals surface area contributed by atoms with E-state index in [4.69, 9.17) is 0 Å². The third-order valence-corrected chi connectivity index (χ3v) is 3.78. The molecule has 0 saturated carbocycles. The molecule has 1 aliphatic heterocycles. The summed E-state index contributed by atoms with van der Waals surface area (Å²) < 4.78 is 0. The number of para-hydroxylation sites is 1. The van der Waals surface area contributed by atoms with Crippen molar-refractivity contribution in [3.05, 3.63) is 42.0 Å². The Morgan fingerprint density at radius 1 is 1.11 bits per heavy atom. The summed E-state index contributed by atoms with van der Waals surface area (Å²) in [6.07, 6.45) is 1.02. The van der Waals surface area contributed by atoms with Crippen molar-refractivity contribution < 1.29 is 4.79 Å². The Morgan fingerprint density at radius 3 is 2.89 bits per heavy atom. The molecule has 3 aromatic rings. The molecule has 3 nitrogen and oxygen atoms in total. The van der Waals surface area contributed by atoms with Crippen molar-refractivity contribution in [3.8, 4) is 0 Å². The van der Waals surface area contributed by atoms with Crippen LogP contribution in [0.3, 0.4) is 0 Å². The first-order valence-corrected chi connectivity index (χ1v) is 6.11. The Balaban J connectivity index is 2.13. The monoisotopic (exact) mass is 236 g/mol. The number of rotatable bonds is 1. The number of H-pyrrole nitrogens is 1. The maximum atomic E-state index is 11.0. The summed E-state index contributed by atoms with van der Waals surface area (Å²) in [5.41, 5.74) is 4.43. The molecular weight excluding hydrogens is 224 g/mol. The molecule has 1 aromatic heterocycles. The van der Waals surface area contributed by atoms with Gasteiger partial charge in [-0.1, -0.05) is 30.3 Å². The van der Waals surface area contributed by atoms with Gasteiger partial charge < -0.3 is 15.1 Å². The quantitative estimate of drug-likeness (QED) is 0.638. The van der Waals surface area contributed by atoms with Crippen LogP contribution >= 0.6 is 0 Å². The molecule has 3 heteroatoms. The molecule has 1 unspecified atom stereocenters. The predicted octanol–water partition coefficient (Wildman–Crippen LogP) is 3.03. The van der Waals surface area contributed by atoms with Gasteiger partial charge in [0.15, 0.2) is 0 Å². The molecule has 1 aliphatic rings. The van der Waals surface area contributed by atoms with Crippen LogP contribution < -0.4 is 5.32 Å². The van der Waals surface area contributed by atoms with E-state index in [0.29, 0.717) is 6.54 Å². The van der Waals surface area contributed by atoms with Crippen LogP contribution in [-0.2, 0) is 4.79 Å². The minimum atomic E-state index is -0.0178. The van der Waals surface area contributed by atoms with E-state index in [1.165, 1.54) is 10.8 Å².